The summed E-state index contributed by atoms with van der Waals surface area (Å²) in [6, 6.07) is 5.05. The quantitative estimate of drug-likeness (QED) is 0.794. The molecule has 2 N–H and O–H groups in total. The van der Waals surface area contributed by atoms with E-state index < -0.39 is 0 Å². The van der Waals surface area contributed by atoms with E-state index >= 15 is 0 Å². The molecule has 0 aliphatic rings. The Morgan fingerprint density at radius 3 is 2.94 bits per heavy atom. The zero-order chi connectivity index (χ0) is 12.0. The number of aromatic hydroxyl groups is 1. The van der Waals surface area contributed by atoms with E-state index in [1.54, 1.807) is 12.1 Å². The van der Waals surface area contributed by atoms with Crippen molar-refractivity contribution in [1.29, 1.82) is 0 Å². The van der Waals surface area contributed by atoms with Crippen LogP contribution in [0.1, 0.15) is 18.9 Å². The smallest absolute Gasteiger partial charge is 0.216 e. The predicted molar refractivity (Wildman–Crippen MR) is 65.5 cm³/mol. The maximum Gasteiger partial charge on any atom is 0.216 e. The zero-order valence-corrected chi connectivity index (χ0v) is 9.79. The molecule has 1 amide bonds. The fraction of sp³-hybridized carbons (Fsp3) is 0.250. The first-order chi connectivity index (χ1) is 7.59. The van der Waals surface area contributed by atoms with E-state index in [1.165, 1.54) is 6.92 Å². The van der Waals surface area contributed by atoms with Crippen LogP contribution in [0.2, 0.25) is 5.02 Å². The molecule has 0 heterocycles. The standard InChI is InChI=1S/C12H14ClNO2/c1-9(15)14-7-3-2-4-10-5-6-11(13)12(16)8-10/h2,4-6,8,16H,3,7H2,1H3,(H,14,15). The van der Waals surface area contributed by atoms with Crippen molar-refractivity contribution in [2.45, 2.75) is 13.3 Å². The molecule has 16 heavy (non-hydrogen) atoms. The summed E-state index contributed by atoms with van der Waals surface area (Å²) in [5.41, 5.74) is 0.879. The van der Waals surface area contributed by atoms with Crippen molar-refractivity contribution in [2.75, 3.05) is 6.54 Å². The molecule has 0 atom stereocenters. The van der Waals surface area contributed by atoms with Crippen LogP contribution in [0.3, 0.4) is 0 Å². The summed E-state index contributed by atoms with van der Waals surface area (Å²) in [6.07, 6.45) is 4.56. The normalized spacial score (nSPS) is 10.6. The van der Waals surface area contributed by atoms with E-state index in [2.05, 4.69) is 5.32 Å². The van der Waals surface area contributed by atoms with Crippen LogP contribution in [-0.2, 0) is 4.79 Å². The number of phenolic OH excluding ortho intramolecular Hbond substituents is 1. The van der Waals surface area contributed by atoms with Crippen molar-refractivity contribution in [3.63, 3.8) is 0 Å². The van der Waals surface area contributed by atoms with Crippen LogP contribution in [0.15, 0.2) is 24.3 Å². The van der Waals surface area contributed by atoms with Crippen molar-refractivity contribution >= 4 is 23.6 Å². The second-order valence-corrected chi connectivity index (χ2v) is 3.79. The summed E-state index contributed by atoms with van der Waals surface area (Å²) < 4.78 is 0. The topological polar surface area (TPSA) is 49.3 Å². The predicted octanol–water partition coefficient (Wildman–Crippen LogP) is 2.59. The van der Waals surface area contributed by atoms with Gasteiger partial charge in [0.1, 0.15) is 5.75 Å². The van der Waals surface area contributed by atoms with E-state index in [0.717, 1.165) is 12.0 Å². The molecule has 0 aliphatic heterocycles. The third-order valence-corrected chi connectivity index (χ3v) is 2.29. The van der Waals surface area contributed by atoms with Gasteiger partial charge in [-0.05, 0) is 24.1 Å². The highest BCUT2D eigenvalue weighted by Crippen LogP contribution is 2.24. The van der Waals surface area contributed by atoms with Gasteiger partial charge in [0.15, 0.2) is 0 Å². The van der Waals surface area contributed by atoms with Gasteiger partial charge in [0.05, 0.1) is 5.02 Å². The van der Waals surface area contributed by atoms with Gasteiger partial charge in [-0.2, -0.15) is 0 Å². The average Bonchev–Trinajstić information content (AvgIpc) is 2.22. The van der Waals surface area contributed by atoms with Gasteiger partial charge >= 0.3 is 0 Å². The molecule has 0 fully saturated rings. The molecule has 0 saturated heterocycles. The minimum absolute atomic E-state index is 0.0301. The van der Waals surface area contributed by atoms with Crippen molar-refractivity contribution in [2.24, 2.45) is 0 Å². The fourth-order valence-corrected chi connectivity index (χ4v) is 1.30. The lowest BCUT2D eigenvalue weighted by atomic mass is 10.2. The lowest BCUT2D eigenvalue weighted by molar-refractivity contribution is -0.118. The molecule has 1 rings (SSSR count). The lowest BCUT2D eigenvalue weighted by Crippen LogP contribution is -2.20. The Bertz CT molecular complexity index is 402. The number of rotatable bonds is 4. The van der Waals surface area contributed by atoms with Crippen LogP contribution < -0.4 is 5.32 Å². The van der Waals surface area contributed by atoms with Gasteiger partial charge in [0.2, 0.25) is 5.91 Å². The fourth-order valence-electron chi connectivity index (χ4n) is 1.18. The van der Waals surface area contributed by atoms with Gasteiger partial charge in [0, 0.05) is 13.5 Å². The van der Waals surface area contributed by atoms with Crippen molar-refractivity contribution in [3.05, 3.63) is 34.9 Å². The number of amides is 1. The third-order valence-electron chi connectivity index (χ3n) is 1.97. The average molecular weight is 240 g/mol. The van der Waals surface area contributed by atoms with Crippen molar-refractivity contribution < 1.29 is 9.90 Å². The van der Waals surface area contributed by atoms with Crippen LogP contribution in [0.5, 0.6) is 5.75 Å². The molecule has 86 valence electrons. The van der Waals surface area contributed by atoms with Crippen LogP contribution in [0, 0.1) is 0 Å². The molecule has 1 aromatic carbocycles. The number of phenols is 1. The summed E-state index contributed by atoms with van der Waals surface area (Å²) in [5.74, 6) is 0.0446. The summed E-state index contributed by atoms with van der Waals surface area (Å²) in [5, 5.41) is 12.4. The number of benzene rings is 1. The third kappa shape index (κ3) is 4.36. The molecule has 1 aromatic rings. The largest absolute Gasteiger partial charge is 0.506 e. The Labute approximate surface area is 99.7 Å². The van der Waals surface area contributed by atoms with Gasteiger partial charge in [0.25, 0.3) is 0 Å². The van der Waals surface area contributed by atoms with E-state index in [0.29, 0.717) is 11.6 Å². The minimum atomic E-state index is -0.0301. The minimum Gasteiger partial charge on any atom is -0.506 e. The van der Waals surface area contributed by atoms with E-state index in [1.807, 2.05) is 18.2 Å². The maximum atomic E-state index is 10.6. The second kappa shape index (κ2) is 6.18. The Kier molecular flexibility index (Phi) is 4.86. The SMILES string of the molecule is CC(=O)NCCC=Cc1ccc(Cl)c(O)c1. The summed E-state index contributed by atoms with van der Waals surface area (Å²) in [4.78, 5) is 10.6. The Balaban J connectivity index is 2.44. The highest BCUT2D eigenvalue weighted by atomic mass is 35.5. The lowest BCUT2D eigenvalue weighted by Gasteiger charge is -1.99. The van der Waals surface area contributed by atoms with Gasteiger partial charge in [-0.25, -0.2) is 0 Å². The van der Waals surface area contributed by atoms with Crippen LogP contribution in [-0.4, -0.2) is 17.6 Å². The summed E-state index contributed by atoms with van der Waals surface area (Å²) in [7, 11) is 0. The van der Waals surface area contributed by atoms with Crippen LogP contribution in [0.4, 0.5) is 0 Å². The molecule has 0 spiro atoms. The molecular formula is C12H14ClNO2. The number of carbonyl (C=O) groups is 1. The first kappa shape index (κ1) is 12.6. The molecular weight excluding hydrogens is 226 g/mol. The van der Waals surface area contributed by atoms with E-state index in [-0.39, 0.29) is 11.7 Å². The molecule has 0 aromatic heterocycles. The van der Waals surface area contributed by atoms with Gasteiger partial charge in [-0.1, -0.05) is 29.8 Å². The number of hydrogen-bond donors (Lipinski definition) is 2. The molecule has 3 nitrogen and oxygen atoms in total. The highest BCUT2D eigenvalue weighted by molar-refractivity contribution is 6.32. The van der Waals surface area contributed by atoms with Crippen LogP contribution in [0.25, 0.3) is 6.08 Å². The number of carbonyl (C=O) groups excluding carboxylic acids is 1. The molecule has 0 bridgehead atoms. The van der Waals surface area contributed by atoms with E-state index in [9.17, 15) is 9.90 Å². The monoisotopic (exact) mass is 239 g/mol. The van der Waals surface area contributed by atoms with Gasteiger partial charge in [-0.3, -0.25) is 4.79 Å². The second-order valence-electron chi connectivity index (χ2n) is 3.38. The highest BCUT2D eigenvalue weighted by Gasteiger charge is 1.96. The number of hydrogen-bond acceptors (Lipinski definition) is 2. The summed E-state index contributed by atoms with van der Waals surface area (Å²) >= 11 is 5.68. The van der Waals surface area contributed by atoms with Crippen LogP contribution >= 0.6 is 11.6 Å². The number of halogens is 1. The molecule has 0 saturated carbocycles. The Morgan fingerprint density at radius 1 is 1.56 bits per heavy atom. The number of nitrogens with one attached hydrogen (secondary N) is 1. The van der Waals surface area contributed by atoms with Gasteiger partial charge in [-0.15, -0.1) is 0 Å². The first-order valence-electron chi connectivity index (χ1n) is 4.99. The van der Waals surface area contributed by atoms with Gasteiger partial charge < -0.3 is 10.4 Å². The Morgan fingerprint density at radius 2 is 2.31 bits per heavy atom. The Hall–Kier alpha value is -1.48. The molecule has 0 radical (unpaired) electrons. The molecule has 4 heteroatoms. The molecule has 0 unspecified atom stereocenters. The van der Waals surface area contributed by atoms with Crippen molar-refractivity contribution in [1.82, 2.24) is 5.32 Å². The summed E-state index contributed by atoms with van der Waals surface area (Å²) in [6.45, 7) is 2.10. The van der Waals surface area contributed by atoms with E-state index in [4.69, 9.17) is 11.6 Å². The zero-order valence-electron chi connectivity index (χ0n) is 9.03. The molecule has 0 aliphatic carbocycles. The maximum absolute atomic E-state index is 10.6. The van der Waals surface area contributed by atoms with Crippen molar-refractivity contribution in [3.8, 4) is 5.75 Å². The first-order valence-corrected chi connectivity index (χ1v) is 5.37.